The van der Waals surface area contributed by atoms with E-state index in [-0.39, 0.29) is 11.6 Å². The largest absolute Gasteiger partial charge is 0.370 e. The lowest BCUT2D eigenvalue weighted by molar-refractivity contribution is 0.544. The highest BCUT2D eigenvalue weighted by atomic mass is 16.1. The van der Waals surface area contributed by atoms with Gasteiger partial charge in [0.2, 0.25) is 0 Å². The zero-order valence-electron chi connectivity index (χ0n) is 17.6. The number of guanidine groups is 1. The van der Waals surface area contributed by atoms with Crippen LogP contribution in [0.5, 0.6) is 0 Å². The van der Waals surface area contributed by atoms with Crippen LogP contribution in [0.3, 0.4) is 0 Å². The molecule has 0 radical (unpaired) electrons. The molecule has 0 atom stereocenters. The van der Waals surface area contributed by atoms with Gasteiger partial charge >= 0.3 is 5.69 Å². The van der Waals surface area contributed by atoms with Gasteiger partial charge in [0, 0.05) is 30.4 Å². The first-order valence-electron chi connectivity index (χ1n) is 10.3. The highest BCUT2D eigenvalue weighted by molar-refractivity contribution is 5.75. The van der Waals surface area contributed by atoms with Crippen molar-refractivity contribution in [3.05, 3.63) is 28.4 Å². The molecule has 0 fully saturated rings. The Balaban J connectivity index is 0.000000892. The second-order valence-corrected chi connectivity index (χ2v) is 6.94. The smallest absolute Gasteiger partial charge is 0.349 e. The number of hydrogen-bond acceptors (Lipinski definition) is 4. The second kappa shape index (κ2) is 13.8. The molecule has 0 saturated carbocycles. The van der Waals surface area contributed by atoms with E-state index >= 15 is 0 Å². The second-order valence-electron chi connectivity index (χ2n) is 6.94. The minimum Gasteiger partial charge on any atom is -0.370 e. The predicted octanol–water partition coefficient (Wildman–Crippen LogP) is 2.26. The Morgan fingerprint density at radius 3 is 2.57 bits per heavy atom. The molecule has 2 rings (SSSR count). The van der Waals surface area contributed by atoms with E-state index in [2.05, 4.69) is 34.1 Å². The van der Waals surface area contributed by atoms with E-state index in [0.717, 1.165) is 49.9 Å². The summed E-state index contributed by atoms with van der Waals surface area (Å²) < 4.78 is 1.69. The van der Waals surface area contributed by atoms with Crippen LogP contribution in [0.25, 0.3) is 11.0 Å². The predicted molar refractivity (Wildman–Crippen MR) is 118 cm³/mol. The van der Waals surface area contributed by atoms with E-state index in [4.69, 9.17) is 11.5 Å². The Labute approximate surface area is 167 Å². The number of hydrogen-bond donors (Lipinski definition) is 4. The van der Waals surface area contributed by atoms with E-state index in [1.165, 1.54) is 12.8 Å². The number of unbranched alkanes of at least 4 members (excludes halogenated alkanes) is 3. The molecule has 2 heterocycles. The van der Waals surface area contributed by atoms with Gasteiger partial charge in [-0.15, -0.1) is 0 Å². The molecular formula is C20H37N7O. The number of aromatic amines is 1. The van der Waals surface area contributed by atoms with E-state index in [9.17, 15) is 4.79 Å². The summed E-state index contributed by atoms with van der Waals surface area (Å²) in [7, 11) is 0. The summed E-state index contributed by atoms with van der Waals surface area (Å²) in [6, 6.07) is 2.00. The highest BCUT2D eigenvalue weighted by Gasteiger charge is 2.03. The lowest BCUT2D eigenvalue weighted by atomic mass is 10.2. The Bertz CT molecular complexity index is 757. The molecule has 6 N–H and O–H groups in total. The standard InChI is InChI=1S/C16H27N7O.C4H10/c1-12-10-13-11-23(16(24)22-14(13)21-12)9-4-2-3-6-19-7-5-8-20-15(17)18;1-3-4-2/h10-11,19H,2-9H2,1H3,(H4,17,18,20)(H,21,22,24);3-4H2,1-2H3. The number of H-pyrrole nitrogens is 1. The van der Waals surface area contributed by atoms with Gasteiger partial charge in [-0.2, -0.15) is 4.98 Å². The molecule has 0 unspecified atom stereocenters. The first kappa shape index (κ1) is 23.7. The van der Waals surface area contributed by atoms with Gasteiger partial charge in [-0.25, -0.2) is 4.79 Å². The van der Waals surface area contributed by atoms with Gasteiger partial charge in [0.1, 0.15) is 5.65 Å². The van der Waals surface area contributed by atoms with Gasteiger partial charge in [0.05, 0.1) is 0 Å². The fraction of sp³-hybridized carbons (Fsp3) is 0.650. The number of aryl methyl sites for hydroxylation is 2. The van der Waals surface area contributed by atoms with Crippen LogP contribution in [-0.2, 0) is 6.54 Å². The Morgan fingerprint density at radius 2 is 1.89 bits per heavy atom. The third-order valence-electron chi connectivity index (χ3n) is 4.27. The quantitative estimate of drug-likeness (QED) is 0.265. The summed E-state index contributed by atoms with van der Waals surface area (Å²) in [5.74, 6) is 0.146. The number of nitrogens with zero attached hydrogens (tertiary/aromatic N) is 3. The number of rotatable bonds is 11. The van der Waals surface area contributed by atoms with Crippen molar-refractivity contribution >= 4 is 17.0 Å². The fourth-order valence-corrected chi connectivity index (χ4v) is 2.58. The van der Waals surface area contributed by atoms with Crippen LogP contribution in [0.4, 0.5) is 0 Å². The van der Waals surface area contributed by atoms with E-state index in [1.54, 1.807) is 4.57 Å². The third-order valence-corrected chi connectivity index (χ3v) is 4.27. The van der Waals surface area contributed by atoms with Crippen molar-refractivity contribution < 1.29 is 0 Å². The van der Waals surface area contributed by atoms with Crippen LogP contribution >= 0.6 is 0 Å². The van der Waals surface area contributed by atoms with Crippen LogP contribution in [0.15, 0.2) is 22.1 Å². The van der Waals surface area contributed by atoms with Gasteiger partial charge in [-0.3, -0.25) is 9.56 Å². The molecule has 0 saturated heterocycles. The topological polar surface area (TPSA) is 127 Å². The average Bonchev–Trinajstić information content (AvgIpc) is 3.02. The maximum atomic E-state index is 11.9. The first-order chi connectivity index (χ1) is 13.5. The maximum absolute atomic E-state index is 11.9. The average molecular weight is 392 g/mol. The normalized spacial score (nSPS) is 10.5. The number of aliphatic imine (C=N–C) groups is 1. The van der Waals surface area contributed by atoms with E-state index in [0.29, 0.717) is 18.7 Å². The van der Waals surface area contributed by atoms with Gasteiger partial charge in [-0.1, -0.05) is 33.1 Å². The monoisotopic (exact) mass is 391 g/mol. The number of nitrogens with one attached hydrogen (secondary N) is 2. The minimum atomic E-state index is -0.192. The van der Waals surface area contributed by atoms with Crippen molar-refractivity contribution in [1.82, 2.24) is 19.9 Å². The van der Waals surface area contributed by atoms with Crippen LogP contribution in [0, 0.1) is 6.92 Å². The molecule has 0 aliphatic carbocycles. The van der Waals surface area contributed by atoms with E-state index in [1.807, 2.05) is 19.2 Å². The molecule has 158 valence electrons. The van der Waals surface area contributed by atoms with Gasteiger partial charge in [0.15, 0.2) is 5.96 Å². The molecule has 0 aromatic carbocycles. The lowest BCUT2D eigenvalue weighted by Gasteiger charge is -2.06. The zero-order valence-corrected chi connectivity index (χ0v) is 17.6. The summed E-state index contributed by atoms with van der Waals surface area (Å²) in [5, 5.41) is 4.34. The van der Waals surface area contributed by atoms with Crippen LogP contribution in [-0.4, -0.2) is 40.1 Å². The molecule has 0 spiro atoms. The molecule has 2 aromatic heterocycles. The number of fused-ring (bicyclic) bond motifs is 1. The Morgan fingerprint density at radius 1 is 1.18 bits per heavy atom. The molecular weight excluding hydrogens is 354 g/mol. The summed E-state index contributed by atoms with van der Waals surface area (Å²) in [6.45, 7) is 9.55. The number of aromatic nitrogens is 3. The fourth-order valence-electron chi connectivity index (χ4n) is 2.58. The lowest BCUT2D eigenvalue weighted by Crippen LogP contribution is -2.24. The molecule has 0 aliphatic heterocycles. The van der Waals surface area contributed by atoms with Gasteiger partial charge in [0.25, 0.3) is 0 Å². The summed E-state index contributed by atoms with van der Waals surface area (Å²) in [6.07, 6.45) is 8.56. The van der Waals surface area contributed by atoms with Gasteiger partial charge in [-0.05, 0) is 45.3 Å². The molecule has 0 aliphatic rings. The molecule has 0 bridgehead atoms. The van der Waals surface area contributed by atoms with Gasteiger partial charge < -0.3 is 21.8 Å². The first-order valence-corrected chi connectivity index (χ1v) is 10.3. The van der Waals surface area contributed by atoms with Crippen molar-refractivity contribution in [2.24, 2.45) is 16.5 Å². The SMILES string of the molecule is CCCC.Cc1cc2cn(CCCCCNCCCN=C(N)N)c(=O)nc2[nH]1. The molecule has 8 heteroatoms. The van der Waals surface area contributed by atoms with Crippen molar-refractivity contribution in [3.8, 4) is 0 Å². The van der Waals surface area contributed by atoms with Crippen LogP contribution in [0.1, 0.15) is 58.1 Å². The molecule has 28 heavy (non-hydrogen) atoms. The van der Waals surface area contributed by atoms with Crippen LogP contribution < -0.4 is 22.5 Å². The van der Waals surface area contributed by atoms with Crippen LogP contribution in [0.2, 0.25) is 0 Å². The summed E-state index contributed by atoms with van der Waals surface area (Å²) >= 11 is 0. The highest BCUT2D eigenvalue weighted by Crippen LogP contribution is 2.10. The Hall–Kier alpha value is -2.35. The zero-order chi connectivity index (χ0) is 20.8. The Kier molecular flexibility index (Phi) is 11.6. The molecule has 8 nitrogen and oxygen atoms in total. The molecule has 0 amide bonds. The van der Waals surface area contributed by atoms with Crippen molar-refractivity contribution in [3.63, 3.8) is 0 Å². The molecule has 2 aromatic rings. The maximum Gasteiger partial charge on any atom is 0.349 e. The van der Waals surface area contributed by atoms with Crippen molar-refractivity contribution in [2.75, 3.05) is 19.6 Å². The summed E-state index contributed by atoms with van der Waals surface area (Å²) in [5.41, 5.74) is 12.0. The third kappa shape index (κ3) is 9.55. The summed E-state index contributed by atoms with van der Waals surface area (Å²) in [4.78, 5) is 23.0. The number of nitrogens with two attached hydrogens (primary N) is 2. The van der Waals surface area contributed by atoms with E-state index < -0.39 is 0 Å². The van der Waals surface area contributed by atoms with Crippen molar-refractivity contribution in [1.29, 1.82) is 0 Å². The minimum absolute atomic E-state index is 0.146. The van der Waals surface area contributed by atoms with Crippen molar-refractivity contribution in [2.45, 2.75) is 65.8 Å².